The summed E-state index contributed by atoms with van der Waals surface area (Å²) in [6.45, 7) is 1.44. The van der Waals surface area contributed by atoms with Crippen LogP contribution in [0.25, 0.3) is 0 Å². The molecule has 1 aliphatic heterocycles. The van der Waals surface area contributed by atoms with Gasteiger partial charge in [0.05, 0.1) is 17.1 Å². The second-order valence-electron chi connectivity index (χ2n) is 6.77. The average molecular weight is 434 g/mol. The summed E-state index contributed by atoms with van der Waals surface area (Å²) >= 11 is 11.8. The molecule has 29 heavy (non-hydrogen) atoms. The Kier molecular flexibility index (Phi) is 7.12. The van der Waals surface area contributed by atoms with E-state index in [1.54, 1.807) is 6.07 Å². The average Bonchev–Trinajstić information content (AvgIpc) is 3.10. The monoisotopic (exact) mass is 433 g/mol. The molecule has 0 radical (unpaired) electrons. The lowest BCUT2D eigenvalue weighted by Gasteiger charge is -2.18. The molecular formula is C21H21Cl2N3O3. The van der Waals surface area contributed by atoms with E-state index in [2.05, 4.69) is 10.6 Å². The van der Waals surface area contributed by atoms with E-state index in [4.69, 9.17) is 23.2 Å². The first-order chi connectivity index (χ1) is 13.9. The third kappa shape index (κ3) is 5.71. The Morgan fingerprint density at radius 2 is 1.79 bits per heavy atom. The molecular weight excluding hydrogens is 413 g/mol. The smallest absolute Gasteiger partial charge is 0.253 e. The molecule has 0 atom stereocenters. The van der Waals surface area contributed by atoms with Crippen LogP contribution in [0.5, 0.6) is 0 Å². The van der Waals surface area contributed by atoms with Crippen LogP contribution in [0.3, 0.4) is 0 Å². The molecule has 1 saturated heterocycles. The van der Waals surface area contributed by atoms with Crippen molar-refractivity contribution in [3.05, 3.63) is 69.2 Å². The molecule has 3 amide bonds. The van der Waals surface area contributed by atoms with Crippen LogP contribution in [0.4, 0.5) is 0 Å². The van der Waals surface area contributed by atoms with Crippen molar-refractivity contribution in [2.75, 3.05) is 13.1 Å². The molecule has 2 aromatic carbocycles. The topological polar surface area (TPSA) is 78.5 Å². The number of rotatable bonds is 7. The molecule has 6 nitrogen and oxygen atoms in total. The van der Waals surface area contributed by atoms with Gasteiger partial charge in [-0.1, -0.05) is 47.5 Å². The zero-order valence-corrected chi connectivity index (χ0v) is 17.2. The Labute approximate surface area is 179 Å². The fourth-order valence-electron chi connectivity index (χ4n) is 3.15. The van der Waals surface area contributed by atoms with Crippen molar-refractivity contribution >= 4 is 40.9 Å². The number of likely N-dealkylation sites (tertiary alicyclic amines) is 1. The van der Waals surface area contributed by atoms with Crippen molar-refractivity contribution in [1.29, 1.82) is 0 Å². The number of hydrogen-bond donors (Lipinski definition) is 2. The van der Waals surface area contributed by atoms with E-state index in [9.17, 15) is 14.4 Å². The minimum Gasteiger partial charge on any atom is -0.350 e. The van der Waals surface area contributed by atoms with Crippen LogP contribution in [0, 0.1) is 0 Å². The normalized spacial score (nSPS) is 13.4. The summed E-state index contributed by atoms with van der Waals surface area (Å²) in [6.07, 6.45) is 1.48. The predicted molar refractivity (Wildman–Crippen MR) is 112 cm³/mol. The number of nitrogens with one attached hydrogen (secondary N) is 2. The van der Waals surface area contributed by atoms with Gasteiger partial charge in [-0.2, -0.15) is 0 Å². The van der Waals surface area contributed by atoms with Crippen LogP contribution < -0.4 is 10.6 Å². The molecule has 0 spiro atoms. The van der Waals surface area contributed by atoms with E-state index in [1.165, 1.54) is 12.1 Å². The highest BCUT2D eigenvalue weighted by Gasteiger charge is 2.21. The first-order valence-corrected chi connectivity index (χ1v) is 10.0. The maximum Gasteiger partial charge on any atom is 0.253 e. The van der Waals surface area contributed by atoms with E-state index in [0.717, 1.165) is 24.1 Å². The van der Waals surface area contributed by atoms with Gasteiger partial charge in [-0.3, -0.25) is 14.4 Å². The first-order valence-electron chi connectivity index (χ1n) is 9.28. The van der Waals surface area contributed by atoms with Gasteiger partial charge in [0.1, 0.15) is 0 Å². The number of carbonyl (C=O) groups excluding carboxylic acids is 3. The van der Waals surface area contributed by atoms with Crippen molar-refractivity contribution in [3.8, 4) is 0 Å². The Morgan fingerprint density at radius 3 is 2.48 bits per heavy atom. The van der Waals surface area contributed by atoms with Crippen LogP contribution in [0.15, 0.2) is 42.5 Å². The fraction of sp³-hybridized carbons (Fsp3) is 0.286. The van der Waals surface area contributed by atoms with E-state index in [1.807, 2.05) is 29.2 Å². The highest BCUT2D eigenvalue weighted by atomic mass is 35.5. The fourth-order valence-corrected chi connectivity index (χ4v) is 3.64. The lowest BCUT2D eigenvalue weighted by atomic mass is 10.1. The highest BCUT2D eigenvalue weighted by Crippen LogP contribution is 2.21. The summed E-state index contributed by atoms with van der Waals surface area (Å²) in [5, 5.41) is 5.99. The molecule has 1 fully saturated rings. The van der Waals surface area contributed by atoms with Crippen molar-refractivity contribution in [2.24, 2.45) is 0 Å². The number of halogens is 2. The van der Waals surface area contributed by atoms with E-state index in [-0.39, 0.29) is 28.9 Å². The molecule has 1 heterocycles. The summed E-state index contributed by atoms with van der Waals surface area (Å²) in [6, 6.07) is 12.2. The zero-order valence-electron chi connectivity index (χ0n) is 15.7. The highest BCUT2D eigenvalue weighted by molar-refractivity contribution is 6.36. The second-order valence-corrected chi connectivity index (χ2v) is 7.61. The summed E-state index contributed by atoms with van der Waals surface area (Å²) in [7, 11) is 0. The van der Waals surface area contributed by atoms with Crippen LogP contribution in [0.1, 0.15) is 34.3 Å². The van der Waals surface area contributed by atoms with Crippen LogP contribution in [0.2, 0.25) is 10.0 Å². The van der Waals surface area contributed by atoms with Gasteiger partial charge in [0, 0.05) is 31.1 Å². The van der Waals surface area contributed by atoms with Gasteiger partial charge >= 0.3 is 0 Å². The largest absolute Gasteiger partial charge is 0.350 e. The van der Waals surface area contributed by atoms with Crippen LogP contribution in [-0.2, 0) is 22.7 Å². The zero-order chi connectivity index (χ0) is 20.8. The van der Waals surface area contributed by atoms with E-state index >= 15 is 0 Å². The molecule has 0 bridgehead atoms. The molecule has 0 aromatic heterocycles. The van der Waals surface area contributed by atoms with Gasteiger partial charge in [-0.15, -0.1) is 0 Å². The Balaban J connectivity index is 1.52. The minimum absolute atomic E-state index is 0.160. The van der Waals surface area contributed by atoms with Crippen molar-refractivity contribution < 1.29 is 14.4 Å². The number of nitrogens with zero attached hydrogens (tertiary/aromatic N) is 1. The molecule has 1 aliphatic rings. The van der Waals surface area contributed by atoms with E-state index in [0.29, 0.717) is 24.5 Å². The summed E-state index contributed by atoms with van der Waals surface area (Å²) < 4.78 is 0. The third-order valence-electron chi connectivity index (χ3n) is 4.71. The number of carbonyl (C=O) groups is 3. The molecule has 0 aliphatic carbocycles. The standard InChI is InChI=1S/C21H21Cl2N3O3/c22-16-7-8-17(18(23)10-16)21(29)25-12-19(27)24-11-14-4-1-2-5-15(14)13-26-9-3-6-20(26)28/h1-2,4-5,7-8,10H,3,6,9,11-13H2,(H,24,27)(H,25,29). The van der Waals surface area contributed by atoms with Crippen LogP contribution in [-0.4, -0.2) is 35.7 Å². The molecule has 0 unspecified atom stereocenters. The first kappa shape index (κ1) is 21.1. The summed E-state index contributed by atoms with van der Waals surface area (Å²) in [5.74, 6) is -0.613. The van der Waals surface area contributed by atoms with Crippen LogP contribution >= 0.6 is 23.2 Å². The maximum absolute atomic E-state index is 12.2. The Bertz CT molecular complexity index is 933. The lowest BCUT2D eigenvalue weighted by molar-refractivity contribution is -0.128. The van der Waals surface area contributed by atoms with Crippen molar-refractivity contribution in [1.82, 2.24) is 15.5 Å². The second kappa shape index (κ2) is 9.76. The quantitative estimate of drug-likeness (QED) is 0.703. The van der Waals surface area contributed by atoms with Gasteiger partial charge < -0.3 is 15.5 Å². The Hall–Kier alpha value is -2.57. The van der Waals surface area contributed by atoms with Gasteiger partial charge in [-0.05, 0) is 35.7 Å². The van der Waals surface area contributed by atoms with Crippen molar-refractivity contribution in [2.45, 2.75) is 25.9 Å². The van der Waals surface area contributed by atoms with Crippen molar-refractivity contribution in [3.63, 3.8) is 0 Å². The number of benzene rings is 2. The minimum atomic E-state index is -0.449. The molecule has 152 valence electrons. The molecule has 8 heteroatoms. The number of amides is 3. The predicted octanol–water partition coefficient (Wildman–Crippen LogP) is 3.16. The molecule has 2 aromatic rings. The van der Waals surface area contributed by atoms with Gasteiger partial charge in [0.25, 0.3) is 5.91 Å². The Morgan fingerprint density at radius 1 is 1.03 bits per heavy atom. The number of hydrogen-bond acceptors (Lipinski definition) is 3. The third-order valence-corrected chi connectivity index (χ3v) is 5.26. The van der Waals surface area contributed by atoms with Gasteiger partial charge in [-0.25, -0.2) is 0 Å². The summed E-state index contributed by atoms with van der Waals surface area (Å²) in [5.41, 5.74) is 2.19. The molecule has 0 saturated carbocycles. The molecule has 3 rings (SSSR count). The molecule has 2 N–H and O–H groups in total. The SMILES string of the molecule is O=C(CNC(=O)c1ccc(Cl)cc1Cl)NCc1ccccc1CN1CCCC1=O. The maximum atomic E-state index is 12.2. The van der Waals surface area contributed by atoms with Gasteiger partial charge in [0.15, 0.2) is 0 Å². The lowest BCUT2D eigenvalue weighted by Crippen LogP contribution is -2.37. The van der Waals surface area contributed by atoms with E-state index < -0.39 is 5.91 Å². The van der Waals surface area contributed by atoms with Gasteiger partial charge in [0.2, 0.25) is 11.8 Å². The summed E-state index contributed by atoms with van der Waals surface area (Å²) in [4.78, 5) is 38.0.